The second kappa shape index (κ2) is 9.45. The van der Waals surface area contributed by atoms with Gasteiger partial charge in [-0.25, -0.2) is 0 Å². The van der Waals surface area contributed by atoms with Gasteiger partial charge in [-0.2, -0.15) is 0 Å². The van der Waals surface area contributed by atoms with Crippen molar-refractivity contribution in [1.82, 2.24) is 4.57 Å². The van der Waals surface area contributed by atoms with Crippen LogP contribution < -0.4 is 9.64 Å². The van der Waals surface area contributed by atoms with Crippen LogP contribution in [0, 0.1) is 13.8 Å². The van der Waals surface area contributed by atoms with Gasteiger partial charge < -0.3 is 14.4 Å². The summed E-state index contributed by atoms with van der Waals surface area (Å²) in [4.78, 5) is 29.0. The monoisotopic (exact) mass is 522 g/mol. The lowest BCUT2D eigenvalue weighted by atomic mass is 9.84. The first kappa shape index (κ1) is 26.3. The van der Waals surface area contributed by atoms with Crippen molar-refractivity contribution < 1.29 is 19.4 Å². The van der Waals surface area contributed by atoms with E-state index in [1.54, 1.807) is 19.2 Å². The normalized spacial score (nSPS) is 17.3. The molecule has 1 aliphatic rings. The lowest BCUT2D eigenvalue weighted by Crippen LogP contribution is -2.29. The highest BCUT2D eigenvalue weighted by atomic mass is 16.5. The number of anilines is 1. The van der Waals surface area contributed by atoms with Crippen LogP contribution in [0.1, 0.15) is 54.6 Å². The van der Waals surface area contributed by atoms with Gasteiger partial charge in [-0.15, -0.1) is 0 Å². The first-order valence-electron chi connectivity index (χ1n) is 13.0. The van der Waals surface area contributed by atoms with E-state index in [0.717, 1.165) is 33.2 Å². The molecular formula is C33H34N2O4. The van der Waals surface area contributed by atoms with Gasteiger partial charge in [0.1, 0.15) is 11.5 Å². The summed E-state index contributed by atoms with van der Waals surface area (Å²) in [6.45, 7) is 10.2. The van der Waals surface area contributed by atoms with Crippen LogP contribution in [-0.4, -0.2) is 28.5 Å². The van der Waals surface area contributed by atoms with Gasteiger partial charge in [0.2, 0.25) is 0 Å². The molecule has 1 aliphatic heterocycles. The highest BCUT2D eigenvalue weighted by Crippen LogP contribution is 2.45. The van der Waals surface area contributed by atoms with Gasteiger partial charge in [0.15, 0.2) is 0 Å². The van der Waals surface area contributed by atoms with Crippen molar-refractivity contribution in [1.29, 1.82) is 0 Å². The number of ether oxygens (including phenoxy) is 1. The molecule has 0 bridgehead atoms. The van der Waals surface area contributed by atoms with E-state index in [0.29, 0.717) is 17.0 Å². The quantitative estimate of drug-likeness (QED) is 0.183. The highest BCUT2D eigenvalue weighted by molar-refractivity contribution is 6.52. The second-order valence-electron chi connectivity index (χ2n) is 11.3. The van der Waals surface area contributed by atoms with Crippen LogP contribution in [-0.2, 0) is 22.1 Å². The molecule has 1 saturated heterocycles. The van der Waals surface area contributed by atoms with Crippen molar-refractivity contribution in [2.24, 2.45) is 7.05 Å². The Labute approximate surface area is 229 Å². The highest BCUT2D eigenvalue weighted by Gasteiger charge is 2.48. The summed E-state index contributed by atoms with van der Waals surface area (Å²) in [6.07, 6.45) is 1.94. The van der Waals surface area contributed by atoms with E-state index in [1.165, 1.54) is 4.90 Å². The van der Waals surface area contributed by atoms with Crippen molar-refractivity contribution >= 4 is 34.0 Å². The van der Waals surface area contributed by atoms with Crippen LogP contribution >= 0.6 is 0 Å². The zero-order valence-electron chi connectivity index (χ0n) is 23.5. The molecule has 1 fully saturated rings. The van der Waals surface area contributed by atoms with E-state index >= 15 is 0 Å². The maximum absolute atomic E-state index is 13.7. The van der Waals surface area contributed by atoms with Crippen molar-refractivity contribution in [2.75, 3.05) is 12.0 Å². The van der Waals surface area contributed by atoms with E-state index in [4.69, 9.17) is 4.74 Å². The number of fused-ring (bicyclic) bond motifs is 1. The standard InChI is InChI=1S/C33H34N2O4/c1-19-12-14-22(16-20(19)2)35-29(24-18-34(6)26-11-9-8-10-23(24)26)28(31(37)32(35)38)30(36)21-13-15-27(39-7)25(17-21)33(3,4)5/h8-18,29,36H,1-7H3/b30-28+. The molecule has 0 saturated carbocycles. The molecule has 0 aliphatic carbocycles. The Bertz CT molecular complexity index is 1670. The summed E-state index contributed by atoms with van der Waals surface area (Å²) in [5.41, 5.74) is 5.60. The third kappa shape index (κ3) is 4.30. The topological polar surface area (TPSA) is 71.8 Å². The molecule has 0 radical (unpaired) electrons. The Balaban J connectivity index is 1.80. The van der Waals surface area contributed by atoms with Crippen LogP contribution in [0.25, 0.3) is 16.7 Å². The van der Waals surface area contributed by atoms with Crippen LogP contribution in [0.5, 0.6) is 5.75 Å². The summed E-state index contributed by atoms with van der Waals surface area (Å²) in [7, 11) is 3.55. The molecule has 1 amide bonds. The number of hydrogen-bond donors (Lipinski definition) is 1. The smallest absolute Gasteiger partial charge is 0.300 e. The number of hydrogen-bond acceptors (Lipinski definition) is 4. The molecular weight excluding hydrogens is 488 g/mol. The van der Waals surface area contributed by atoms with E-state index in [-0.39, 0.29) is 16.7 Å². The summed E-state index contributed by atoms with van der Waals surface area (Å²) in [6, 6.07) is 18.2. The van der Waals surface area contributed by atoms with Crippen LogP contribution in [0.4, 0.5) is 5.69 Å². The van der Waals surface area contributed by atoms with Crippen molar-refractivity contribution in [3.05, 3.63) is 100 Å². The van der Waals surface area contributed by atoms with Gasteiger partial charge in [0, 0.05) is 46.5 Å². The Hall–Kier alpha value is -4.32. The van der Waals surface area contributed by atoms with Gasteiger partial charge in [-0.3, -0.25) is 14.5 Å². The summed E-state index contributed by atoms with van der Waals surface area (Å²) < 4.78 is 7.56. The first-order chi connectivity index (χ1) is 18.4. The van der Waals surface area contributed by atoms with Gasteiger partial charge in [0.25, 0.3) is 11.7 Å². The van der Waals surface area contributed by atoms with E-state index in [2.05, 4.69) is 20.8 Å². The molecule has 3 aromatic carbocycles. The fourth-order valence-corrected chi connectivity index (χ4v) is 5.46. The molecule has 1 aromatic heterocycles. The molecule has 1 unspecified atom stereocenters. The van der Waals surface area contributed by atoms with Crippen LogP contribution in [0.2, 0.25) is 0 Å². The van der Waals surface area contributed by atoms with E-state index < -0.39 is 17.7 Å². The minimum absolute atomic E-state index is 0.0691. The number of benzene rings is 3. The summed E-state index contributed by atoms with van der Waals surface area (Å²) >= 11 is 0. The number of aliphatic hydroxyl groups is 1. The minimum Gasteiger partial charge on any atom is -0.507 e. The number of aromatic nitrogens is 1. The zero-order valence-corrected chi connectivity index (χ0v) is 23.5. The molecule has 200 valence electrons. The molecule has 6 nitrogen and oxygen atoms in total. The predicted molar refractivity (Wildman–Crippen MR) is 155 cm³/mol. The third-order valence-corrected chi connectivity index (χ3v) is 7.72. The van der Waals surface area contributed by atoms with E-state index in [9.17, 15) is 14.7 Å². The number of carbonyl (C=O) groups is 2. The number of ketones is 1. The molecule has 5 rings (SSSR count). The number of rotatable bonds is 4. The molecule has 4 aromatic rings. The van der Waals surface area contributed by atoms with E-state index in [1.807, 2.05) is 80.2 Å². The first-order valence-corrected chi connectivity index (χ1v) is 13.0. The summed E-state index contributed by atoms with van der Waals surface area (Å²) in [5.74, 6) is -0.884. The average molecular weight is 523 g/mol. The molecule has 6 heteroatoms. The number of methoxy groups -OCH3 is 1. The van der Waals surface area contributed by atoms with Crippen molar-refractivity contribution in [3.8, 4) is 5.75 Å². The number of Topliss-reactive ketones (excluding diaryl/α,β-unsaturated/α-hetero) is 1. The van der Waals surface area contributed by atoms with Crippen molar-refractivity contribution in [3.63, 3.8) is 0 Å². The molecule has 2 heterocycles. The molecule has 39 heavy (non-hydrogen) atoms. The maximum Gasteiger partial charge on any atom is 0.300 e. The van der Waals surface area contributed by atoms with Gasteiger partial charge >= 0.3 is 0 Å². The molecule has 0 spiro atoms. The van der Waals surface area contributed by atoms with Gasteiger partial charge in [0.05, 0.1) is 18.7 Å². The Morgan fingerprint density at radius 2 is 1.67 bits per heavy atom. The minimum atomic E-state index is -0.807. The fourth-order valence-electron chi connectivity index (χ4n) is 5.46. The number of amides is 1. The van der Waals surface area contributed by atoms with Crippen LogP contribution in [0.3, 0.4) is 0 Å². The zero-order chi connectivity index (χ0) is 28.2. The van der Waals surface area contributed by atoms with Gasteiger partial charge in [-0.1, -0.05) is 45.0 Å². The SMILES string of the molecule is COc1ccc(/C(O)=C2\C(=O)C(=O)N(c3ccc(C)c(C)c3)C2c2cn(C)c3ccccc23)cc1C(C)(C)C. The second-order valence-corrected chi connectivity index (χ2v) is 11.3. The lowest BCUT2D eigenvalue weighted by molar-refractivity contribution is -0.132. The number of para-hydroxylation sites is 1. The Morgan fingerprint density at radius 1 is 0.949 bits per heavy atom. The van der Waals surface area contributed by atoms with Crippen molar-refractivity contribution in [2.45, 2.75) is 46.1 Å². The Morgan fingerprint density at radius 3 is 2.33 bits per heavy atom. The number of aryl methyl sites for hydroxylation is 3. The molecule has 1 atom stereocenters. The number of aliphatic hydroxyl groups excluding tert-OH is 1. The fraction of sp³-hybridized carbons (Fsp3) is 0.273. The Kier molecular flexibility index (Phi) is 6.37. The number of carbonyl (C=O) groups excluding carboxylic acids is 2. The molecule has 1 N–H and O–H groups in total. The van der Waals surface area contributed by atoms with Gasteiger partial charge in [-0.05, 0) is 66.8 Å². The van der Waals surface area contributed by atoms with Crippen LogP contribution in [0.15, 0.2) is 72.4 Å². The summed E-state index contributed by atoms with van der Waals surface area (Å²) in [5, 5.41) is 12.7. The third-order valence-electron chi connectivity index (χ3n) is 7.72. The maximum atomic E-state index is 13.7. The average Bonchev–Trinajstić information content (AvgIpc) is 3.37. The predicted octanol–water partition coefficient (Wildman–Crippen LogP) is 6.73. The lowest BCUT2D eigenvalue weighted by Gasteiger charge is -2.26. The largest absolute Gasteiger partial charge is 0.507 e. The number of nitrogens with zero attached hydrogens (tertiary/aromatic N) is 2.